The maximum atomic E-state index is 12.4. The van der Waals surface area contributed by atoms with Crippen LogP contribution >= 0.6 is 24.0 Å². The van der Waals surface area contributed by atoms with E-state index < -0.39 is 0 Å². The van der Waals surface area contributed by atoms with Crippen molar-refractivity contribution in [2.24, 2.45) is 0 Å². The number of nitrogens with zero attached hydrogens (tertiary/aromatic N) is 1. The lowest BCUT2D eigenvalue weighted by molar-refractivity contribution is -0.123. The fourth-order valence-electron chi connectivity index (χ4n) is 1.93. The number of benzene rings is 1. The maximum absolute atomic E-state index is 12.4. The first-order valence-electron chi connectivity index (χ1n) is 6.48. The van der Waals surface area contributed by atoms with Crippen LogP contribution < -0.4 is 4.74 Å². The van der Waals surface area contributed by atoms with Crippen LogP contribution in [0.1, 0.15) is 25.8 Å². The van der Waals surface area contributed by atoms with E-state index in [1.165, 1.54) is 11.8 Å². The van der Waals surface area contributed by atoms with Gasteiger partial charge in [0.05, 0.1) is 12.0 Å². The highest BCUT2D eigenvalue weighted by molar-refractivity contribution is 8.26. The van der Waals surface area contributed by atoms with Crippen molar-refractivity contribution in [1.82, 2.24) is 4.90 Å². The second-order valence-electron chi connectivity index (χ2n) is 4.59. The van der Waals surface area contributed by atoms with Crippen LogP contribution in [-0.4, -0.2) is 28.3 Å². The lowest BCUT2D eigenvalue weighted by atomic mass is 10.2. The van der Waals surface area contributed by atoms with Crippen LogP contribution in [0.4, 0.5) is 0 Å². The molecule has 1 amide bonds. The fourth-order valence-corrected chi connectivity index (χ4v) is 3.39. The number of hydrogen-bond donors (Lipinski definition) is 0. The molecule has 5 heteroatoms. The van der Waals surface area contributed by atoms with Gasteiger partial charge in [-0.25, -0.2) is 0 Å². The molecule has 1 heterocycles. The Morgan fingerprint density at radius 3 is 2.90 bits per heavy atom. The molecule has 3 nitrogen and oxygen atoms in total. The van der Waals surface area contributed by atoms with E-state index in [-0.39, 0.29) is 11.9 Å². The van der Waals surface area contributed by atoms with E-state index in [4.69, 9.17) is 17.0 Å². The van der Waals surface area contributed by atoms with Crippen molar-refractivity contribution in [2.45, 2.75) is 26.3 Å². The monoisotopic (exact) mass is 307 g/mol. The molecule has 1 aromatic rings. The minimum Gasteiger partial charge on any atom is -0.497 e. The minimum atomic E-state index is -0.00262. The Labute approximate surface area is 129 Å². The molecular weight excluding hydrogens is 290 g/mol. The number of amides is 1. The van der Waals surface area contributed by atoms with Gasteiger partial charge in [0.2, 0.25) is 0 Å². The fraction of sp³-hybridized carbons (Fsp3) is 0.333. The lowest BCUT2D eigenvalue weighted by Crippen LogP contribution is -2.36. The zero-order chi connectivity index (χ0) is 14.7. The smallest absolute Gasteiger partial charge is 0.266 e. The van der Waals surface area contributed by atoms with Crippen molar-refractivity contribution in [3.05, 3.63) is 34.7 Å². The topological polar surface area (TPSA) is 29.5 Å². The van der Waals surface area contributed by atoms with Gasteiger partial charge in [-0.3, -0.25) is 9.69 Å². The van der Waals surface area contributed by atoms with Crippen molar-refractivity contribution in [2.75, 3.05) is 7.11 Å². The molecule has 1 fully saturated rings. The third-order valence-corrected chi connectivity index (χ3v) is 4.58. The van der Waals surface area contributed by atoms with E-state index in [1.54, 1.807) is 12.0 Å². The van der Waals surface area contributed by atoms with E-state index >= 15 is 0 Å². The van der Waals surface area contributed by atoms with Crippen LogP contribution in [0.3, 0.4) is 0 Å². The van der Waals surface area contributed by atoms with Gasteiger partial charge in [-0.2, -0.15) is 0 Å². The lowest BCUT2D eigenvalue weighted by Gasteiger charge is -2.21. The molecule has 1 unspecified atom stereocenters. The summed E-state index contributed by atoms with van der Waals surface area (Å²) in [7, 11) is 1.63. The normalized spacial score (nSPS) is 18.8. The molecule has 1 aliphatic heterocycles. The molecule has 0 N–H and O–H groups in total. The number of methoxy groups -OCH3 is 1. The Morgan fingerprint density at radius 2 is 2.25 bits per heavy atom. The summed E-state index contributed by atoms with van der Waals surface area (Å²) in [5.41, 5.74) is 0.939. The van der Waals surface area contributed by atoms with Gasteiger partial charge in [-0.15, -0.1) is 0 Å². The first-order chi connectivity index (χ1) is 9.56. The van der Waals surface area contributed by atoms with Crippen LogP contribution in [0.2, 0.25) is 0 Å². The van der Waals surface area contributed by atoms with Gasteiger partial charge >= 0.3 is 0 Å². The summed E-state index contributed by atoms with van der Waals surface area (Å²) < 4.78 is 5.82. The molecule has 1 aromatic carbocycles. The van der Waals surface area contributed by atoms with Crippen LogP contribution in [0.15, 0.2) is 29.2 Å². The van der Waals surface area contributed by atoms with Gasteiger partial charge in [-0.1, -0.05) is 43.0 Å². The van der Waals surface area contributed by atoms with Crippen molar-refractivity contribution >= 4 is 40.3 Å². The number of hydrogen-bond acceptors (Lipinski definition) is 4. The molecule has 0 aromatic heterocycles. The zero-order valence-corrected chi connectivity index (χ0v) is 13.4. The number of thioether (sulfide) groups is 1. The summed E-state index contributed by atoms with van der Waals surface area (Å²) >= 11 is 6.67. The third kappa shape index (κ3) is 3.04. The van der Waals surface area contributed by atoms with Crippen molar-refractivity contribution < 1.29 is 9.53 Å². The number of rotatable bonds is 4. The van der Waals surface area contributed by atoms with Gasteiger partial charge in [0.25, 0.3) is 5.91 Å². The summed E-state index contributed by atoms with van der Waals surface area (Å²) in [4.78, 5) is 14.8. The van der Waals surface area contributed by atoms with Crippen molar-refractivity contribution in [3.63, 3.8) is 0 Å². The molecule has 20 heavy (non-hydrogen) atoms. The average molecular weight is 307 g/mol. The number of carbonyl (C=O) groups is 1. The number of carbonyl (C=O) groups excluding carboxylic acids is 1. The highest BCUT2D eigenvalue weighted by Gasteiger charge is 2.34. The molecule has 0 spiro atoms. The molecule has 1 saturated heterocycles. The Hall–Kier alpha value is -1.33. The Bertz CT molecular complexity index is 569. The molecular formula is C15H17NO2S2. The largest absolute Gasteiger partial charge is 0.497 e. The Kier molecular flexibility index (Phi) is 4.83. The summed E-state index contributed by atoms with van der Waals surface area (Å²) in [6.07, 6.45) is 2.75. The first-order valence-corrected chi connectivity index (χ1v) is 7.70. The third-order valence-electron chi connectivity index (χ3n) is 3.25. The number of thiocarbonyl (C=S) groups is 1. The number of ether oxygens (including phenoxy) is 1. The van der Waals surface area contributed by atoms with Crippen LogP contribution in [0, 0.1) is 0 Å². The van der Waals surface area contributed by atoms with E-state index in [1.807, 2.05) is 37.3 Å². The molecule has 0 radical (unpaired) electrons. The first kappa shape index (κ1) is 15.1. The molecule has 1 atom stereocenters. The quantitative estimate of drug-likeness (QED) is 0.627. The molecule has 2 rings (SSSR count). The summed E-state index contributed by atoms with van der Waals surface area (Å²) in [5, 5.41) is 0. The van der Waals surface area contributed by atoms with Crippen LogP contribution in [0.5, 0.6) is 5.75 Å². The van der Waals surface area contributed by atoms with E-state index in [0.29, 0.717) is 9.23 Å². The molecule has 0 saturated carbocycles. The SMILES string of the molecule is CCC(C)N1C(=O)/C(=C\c2cccc(OC)c2)SC1=S. The Balaban J connectivity index is 2.27. The van der Waals surface area contributed by atoms with E-state index in [2.05, 4.69) is 6.92 Å². The van der Waals surface area contributed by atoms with Gasteiger partial charge in [-0.05, 0) is 37.1 Å². The van der Waals surface area contributed by atoms with Crippen LogP contribution in [-0.2, 0) is 4.79 Å². The molecule has 0 bridgehead atoms. The summed E-state index contributed by atoms with van der Waals surface area (Å²) in [5.74, 6) is 0.772. The predicted molar refractivity (Wildman–Crippen MR) is 87.8 cm³/mol. The molecule has 1 aliphatic rings. The summed E-state index contributed by atoms with van der Waals surface area (Å²) in [6, 6.07) is 7.76. The summed E-state index contributed by atoms with van der Waals surface area (Å²) in [6.45, 7) is 4.06. The average Bonchev–Trinajstić information content (AvgIpc) is 2.73. The Morgan fingerprint density at radius 1 is 1.50 bits per heavy atom. The highest BCUT2D eigenvalue weighted by atomic mass is 32.2. The predicted octanol–water partition coefficient (Wildman–Crippen LogP) is 3.69. The van der Waals surface area contributed by atoms with Gasteiger partial charge in [0.15, 0.2) is 0 Å². The minimum absolute atomic E-state index is 0.00262. The maximum Gasteiger partial charge on any atom is 0.266 e. The molecule has 106 valence electrons. The van der Waals surface area contributed by atoms with Crippen LogP contribution in [0.25, 0.3) is 6.08 Å². The van der Waals surface area contributed by atoms with Crippen molar-refractivity contribution in [3.8, 4) is 5.75 Å². The molecule has 0 aliphatic carbocycles. The standard InChI is InChI=1S/C15H17NO2S2/c1-4-10(2)16-14(17)13(20-15(16)19)9-11-6-5-7-12(8-11)18-3/h5-10H,4H2,1-3H3/b13-9+. The van der Waals surface area contributed by atoms with Gasteiger partial charge in [0, 0.05) is 6.04 Å². The highest BCUT2D eigenvalue weighted by Crippen LogP contribution is 2.34. The second-order valence-corrected chi connectivity index (χ2v) is 6.26. The van der Waals surface area contributed by atoms with Crippen molar-refractivity contribution in [1.29, 1.82) is 0 Å². The van der Waals surface area contributed by atoms with E-state index in [9.17, 15) is 4.79 Å². The van der Waals surface area contributed by atoms with Gasteiger partial charge in [0.1, 0.15) is 10.1 Å². The zero-order valence-electron chi connectivity index (χ0n) is 11.8. The van der Waals surface area contributed by atoms with E-state index in [0.717, 1.165) is 17.7 Å². The second kappa shape index (κ2) is 6.41. The van der Waals surface area contributed by atoms with Gasteiger partial charge < -0.3 is 4.74 Å².